The lowest BCUT2D eigenvalue weighted by atomic mass is 10.00. The number of carbonyl (C=O) groups excluding carboxylic acids is 1. The number of pyridine rings is 1. The van der Waals surface area contributed by atoms with Crippen molar-refractivity contribution in [1.82, 2.24) is 19.8 Å². The van der Waals surface area contributed by atoms with Crippen LogP contribution in [0.15, 0.2) is 36.5 Å². The first-order valence-electron chi connectivity index (χ1n) is 11.8. The fraction of sp³-hybridized carbons (Fsp3) is 0.370. The van der Waals surface area contributed by atoms with Gasteiger partial charge in [-0.05, 0) is 75.6 Å². The smallest absolute Gasteiger partial charge is 0.303 e. The molecule has 35 heavy (non-hydrogen) atoms. The maximum atomic E-state index is 13.2. The minimum absolute atomic E-state index is 0.0160. The van der Waals surface area contributed by atoms with Crippen LogP contribution in [-0.2, 0) is 11.8 Å². The average Bonchev–Trinajstić information content (AvgIpc) is 3.07. The van der Waals surface area contributed by atoms with E-state index in [2.05, 4.69) is 21.8 Å². The SMILES string of the molecule is Cc1c2ccnc(C(=O)NC(C)CN(C)C)c2cc2c3cc(OCCCC(=O)O)ccc3n(C)c12. The van der Waals surface area contributed by atoms with Crippen LogP contribution in [0.1, 0.15) is 35.8 Å². The van der Waals surface area contributed by atoms with E-state index in [1.54, 1.807) is 6.20 Å². The largest absolute Gasteiger partial charge is 0.494 e. The first-order chi connectivity index (χ1) is 16.7. The number of likely N-dealkylation sites (N-methyl/N-ethyl adjacent to an activating group) is 1. The Balaban J connectivity index is 1.79. The molecule has 1 amide bonds. The molecule has 1 atom stereocenters. The van der Waals surface area contributed by atoms with E-state index in [9.17, 15) is 9.59 Å². The molecular weight excluding hydrogens is 444 g/mol. The normalized spacial score (nSPS) is 12.5. The van der Waals surface area contributed by atoms with Gasteiger partial charge in [-0.25, -0.2) is 0 Å². The highest BCUT2D eigenvalue weighted by molar-refractivity contribution is 6.17. The van der Waals surface area contributed by atoms with Crippen molar-refractivity contribution in [2.45, 2.75) is 32.7 Å². The number of nitrogens with zero attached hydrogens (tertiary/aromatic N) is 3. The number of hydrogen-bond acceptors (Lipinski definition) is 5. The summed E-state index contributed by atoms with van der Waals surface area (Å²) in [7, 11) is 5.99. The molecule has 0 aliphatic carbocycles. The Kier molecular flexibility index (Phi) is 6.93. The highest BCUT2D eigenvalue weighted by Gasteiger charge is 2.19. The van der Waals surface area contributed by atoms with Crippen molar-refractivity contribution in [2.24, 2.45) is 7.05 Å². The van der Waals surface area contributed by atoms with Gasteiger partial charge in [-0.3, -0.25) is 14.6 Å². The van der Waals surface area contributed by atoms with E-state index >= 15 is 0 Å². The Morgan fingerprint density at radius 1 is 1.14 bits per heavy atom. The quantitative estimate of drug-likeness (QED) is 0.353. The van der Waals surface area contributed by atoms with Crippen LogP contribution in [0.3, 0.4) is 0 Å². The molecule has 4 rings (SSSR count). The summed E-state index contributed by atoms with van der Waals surface area (Å²) >= 11 is 0. The summed E-state index contributed by atoms with van der Waals surface area (Å²) in [5, 5.41) is 15.7. The average molecular weight is 477 g/mol. The maximum absolute atomic E-state index is 13.2. The monoisotopic (exact) mass is 476 g/mol. The number of nitrogens with one attached hydrogen (secondary N) is 1. The molecule has 0 spiro atoms. The van der Waals surface area contributed by atoms with Gasteiger partial charge >= 0.3 is 5.97 Å². The van der Waals surface area contributed by atoms with E-state index in [0.717, 1.165) is 44.7 Å². The molecule has 0 saturated carbocycles. The van der Waals surface area contributed by atoms with Gasteiger partial charge in [0.25, 0.3) is 5.91 Å². The van der Waals surface area contributed by atoms with Crippen molar-refractivity contribution in [3.63, 3.8) is 0 Å². The molecule has 2 heterocycles. The number of carboxylic acid groups (broad SMARTS) is 1. The zero-order valence-corrected chi connectivity index (χ0v) is 20.9. The van der Waals surface area contributed by atoms with Crippen molar-refractivity contribution >= 4 is 44.5 Å². The molecular formula is C27H32N4O4. The zero-order valence-electron chi connectivity index (χ0n) is 20.9. The third-order valence-corrected chi connectivity index (χ3v) is 6.28. The predicted octanol–water partition coefficient (Wildman–Crippen LogP) is 4.11. The molecule has 184 valence electrons. The molecule has 0 radical (unpaired) electrons. The third-order valence-electron chi connectivity index (χ3n) is 6.28. The van der Waals surface area contributed by atoms with Gasteiger partial charge in [0.2, 0.25) is 0 Å². The number of rotatable bonds is 9. The van der Waals surface area contributed by atoms with Gasteiger partial charge in [0.05, 0.1) is 12.1 Å². The van der Waals surface area contributed by atoms with Crippen LogP contribution in [0.5, 0.6) is 5.75 Å². The minimum atomic E-state index is -0.829. The number of benzene rings is 2. The summed E-state index contributed by atoms with van der Waals surface area (Å²) in [6, 6.07) is 9.90. The van der Waals surface area contributed by atoms with Crippen LogP contribution in [-0.4, -0.2) is 64.7 Å². The molecule has 4 aromatic rings. The first-order valence-corrected chi connectivity index (χ1v) is 11.8. The predicted molar refractivity (Wildman–Crippen MR) is 138 cm³/mol. The highest BCUT2D eigenvalue weighted by Crippen LogP contribution is 2.37. The molecule has 0 bridgehead atoms. The number of ether oxygens (including phenoxy) is 1. The van der Waals surface area contributed by atoms with Gasteiger partial charge in [-0.2, -0.15) is 0 Å². The summed E-state index contributed by atoms with van der Waals surface area (Å²) in [6.45, 7) is 5.13. The standard InChI is InChI=1S/C27H32N4O4/c1-16(15-30(3)4)29-27(34)25-21-14-22-20-13-18(35-12-6-7-24(32)33)8-9-23(20)31(5)26(22)17(2)19(21)10-11-28-25/h8-11,13-14,16H,6-7,12,15H2,1-5H3,(H,29,34)(H,32,33). The number of hydrogen-bond donors (Lipinski definition) is 2. The van der Waals surface area contributed by atoms with Crippen LogP contribution < -0.4 is 10.1 Å². The Morgan fingerprint density at radius 3 is 2.63 bits per heavy atom. The van der Waals surface area contributed by atoms with E-state index < -0.39 is 5.97 Å². The number of carbonyl (C=O) groups is 2. The van der Waals surface area contributed by atoms with E-state index in [0.29, 0.717) is 24.5 Å². The van der Waals surface area contributed by atoms with Gasteiger partial charge in [0.15, 0.2) is 0 Å². The molecule has 0 aliphatic heterocycles. The van der Waals surface area contributed by atoms with Gasteiger partial charge in [0.1, 0.15) is 11.4 Å². The van der Waals surface area contributed by atoms with Gasteiger partial charge in [0, 0.05) is 53.9 Å². The lowest BCUT2D eigenvalue weighted by molar-refractivity contribution is -0.137. The molecule has 2 aromatic carbocycles. The molecule has 0 aliphatic rings. The van der Waals surface area contributed by atoms with Crippen LogP contribution in [0.2, 0.25) is 0 Å². The van der Waals surface area contributed by atoms with Crippen molar-refractivity contribution < 1.29 is 19.4 Å². The summed E-state index contributed by atoms with van der Waals surface area (Å²) in [5.41, 5.74) is 3.64. The van der Waals surface area contributed by atoms with Crippen LogP contribution in [0.4, 0.5) is 0 Å². The van der Waals surface area contributed by atoms with Crippen molar-refractivity contribution in [3.8, 4) is 5.75 Å². The van der Waals surface area contributed by atoms with E-state index in [-0.39, 0.29) is 18.4 Å². The van der Waals surface area contributed by atoms with Crippen molar-refractivity contribution in [1.29, 1.82) is 0 Å². The number of amides is 1. The van der Waals surface area contributed by atoms with Gasteiger partial charge in [-0.15, -0.1) is 0 Å². The van der Waals surface area contributed by atoms with Crippen molar-refractivity contribution in [3.05, 3.63) is 47.8 Å². The molecule has 8 nitrogen and oxygen atoms in total. The van der Waals surface area contributed by atoms with E-state index in [1.807, 2.05) is 63.3 Å². The van der Waals surface area contributed by atoms with Crippen LogP contribution in [0.25, 0.3) is 32.6 Å². The lowest BCUT2D eigenvalue weighted by Crippen LogP contribution is -2.39. The van der Waals surface area contributed by atoms with Crippen LogP contribution in [0, 0.1) is 6.92 Å². The Hall–Kier alpha value is -3.65. The van der Waals surface area contributed by atoms with E-state index in [1.165, 1.54) is 0 Å². The Morgan fingerprint density at radius 2 is 1.91 bits per heavy atom. The lowest BCUT2D eigenvalue weighted by Gasteiger charge is -2.18. The topological polar surface area (TPSA) is 96.7 Å². The minimum Gasteiger partial charge on any atom is -0.494 e. The second-order valence-electron chi connectivity index (χ2n) is 9.37. The Bertz CT molecular complexity index is 1420. The molecule has 0 fully saturated rings. The number of aliphatic carboxylic acids is 1. The molecule has 8 heteroatoms. The number of carboxylic acids is 1. The Labute approximate surface area is 204 Å². The molecule has 2 N–H and O–H groups in total. The van der Waals surface area contributed by atoms with Crippen molar-refractivity contribution in [2.75, 3.05) is 27.2 Å². The van der Waals surface area contributed by atoms with E-state index in [4.69, 9.17) is 9.84 Å². The summed E-state index contributed by atoms with van der Waals surface area (Å²) in [5.74, 6) is -0.328. The summed E-state index contributed by atoms with van der Waals surface area (Å²) in [6.07, 6.45) is 2.22. The molecule has 1 unspecified atom stereocenters. The highest BCUT2D eigenvalue weighted by atomic mass is 16.5. The summed E-state index contributed by atoms with van der Waals surface area (Å²) < 4.78 is 7.98. The number of aryl methyl sites for hydroxylation is 2. The second-order valence-corrected chi connectivity index (χ2v) is 9.37. The van der Waals surface area contributed by atoms with Gasteiger partial charge < -0.3 is 24.6 Å². The second kappa shape index (κ2) is 9.92. The number of fused-ring (bicyclic) bond motifs is 4. The summed E-state index contributed by atoms with van der Waals surface area (Å²) in [4.78, 5) is 30.4. The zero-order chi connectivity index (χ0) is 25.3. The molecule has 2 aromatic heterocycles. The number of aromatic nitrogens is 2. The van der Waals surface area contributed by atoms with Crippen LogP contribution >= 0.6 is 0 Å². The molecule has 0 saturated heterocycles. The maximum Gasteiger partial charge on any atom is 0.303 e. The van der Waals surface area contributed by atoms with Gasteiger partial charge in [-0.1, -0.05) is 0 Å². The third kappa shape index (κ3) is 4.93. The fourth-order valence-corrected chi connectivity index (χ4v) is 4.84. The fourth-order valence-electron chi connectivity index (χ4n) is 4.84. The first kappa shape index (κ1) is 24.5.